The lowest BCUT2D eigenvalue weighted by Crippen LogP contribution is -2.30. The maximum absolute atomic E-state index is 12.9. The monoisotopic (exact) mass is 186 g/mol. The number of benzene rings is 1. The summed E-state index contributed by atoms with van der Waals surface area (Å²) in [4.78, 5) is 10.9. The van der Waals surface area contributed by atoms with Gasteiger partial charge in [-0.25, -0.2) is 14.6 Å². The normalized spacial score (nSPS) is 9.85. The van der Waals surface area contributed by atoms with Gasteiger partial charge in [0.15, 0.2) is 0 Å². The Labute approximate surface area is 73.5 Å². The van der Waals surface area contributed by atoms with Gasteiger partial charge in [0, 0.05) is 6.07 Å². The van der Waals surface area contributed by atoms with Crippen LogP contribution >= 0.6 is 0 Å². The third kappa shape index (κ3) is 1.81. The molecule has 0 saturated heterocycles. The van der Waals surface area contributed by atoms with Crippen LogP contribution in [0.3, 0.4) is 0 Å². The topological polar surface area (TPSA) is 55.1 Å². The Hall–Kier alpha value is -1.49. The van der Waals surface area contributed by atoms with Gasteiger partial charge in [-0.3, -0.25) is 10.2 Å². The van der Waals surface area contributed by atoms with Crippen LogP contribution in [0.2, 0.25) is 0 Å². The summed E-state index contributed by atoms with van der Waals surface area (Å²) >= 11 is 0. The zero-order valence-electron chi connectivity index (χ0n) is 6.90. The van der Waals surface area contributed by atoms with Crippen LogP contribution in [0.25, 0.3) is 0 Å². The van der Waals surface area contributed by atoms with Gasteiger partial charge in [-0.15, -0.1) is 0 Å². The molecule has 1 aromatic carbocycles. The predicted octanol–water partition coefficient (Wildman–Crippen LogP) is 0.877. The minimum atomic E-state index is -0.925. The van der Waals surface area contributed by atoms with Gasteiger partial charge >= 0.3 is 0 Å². The van der Waals surface area contributed by atoms with E-state index < -0.39 is 17.5 Å². The van der Waals surface area contributed by atoms with Crippen molar-refractivity contribution in [2.24, 2.45) is 5.84 Å². The van der Waals surface area contributed by atoms with Crippen LogP contribution in [-0.4, -0.2) is 5.91 Å². The number of nitrogens with one attached hydrogen (secondary N) is 1. The zero-order chi connectivity index (χ0) is 10.0. The Bertz CT molecular complexity index is 352. The van der Waals surface area contributed by atoms with Crippen LogP contribution < -0.4 is 11.3 Å². The molecule has 0 fully saturated rings. The largest absolute Gasteiger partial charge is 0.290 e. The molecule has 13 heavy (non-hydrogen) atoms. The first-order chi connectivity index (χ1) is 6.06. The van der Waals surface area contributed by atoms with Gasteiger partial charge in [-0.2, -0.15) is 0 Å². The summed E-state index contributed by atoms with van der Waals surface area (Å²) < 4.78 is 25.6. The van der Waals surface area contributed by atoms with Crippen LogP contribution in [0.4, 0.5) is 8.78 Å². The number of hydrogen-bond acceptors (Lipinski definition) is 2. The van der Waals surface area contributed by atoms with Crippen molar-refractivity contribution in [1.82, 2.24) is 5.43 Å². The molecular weight excluding hydrogens is 178 g/mol. The van der Waals surface area contributed by atoms with Crippen molar-refractivity contribution in [2.45, 2.75) is 6.92 Å². The number of rotatable bonds is 1. The van der Waals surface area contributed by atoms with Crippen molar-refractivity contribution in [3.63, 3.8) is 0 Å². The number of amides is 1. The van der Waals surface area contributed by atoms with E-state index in [9.17, 15) is 13.6 Å². The quantitative estimate of drug-likeness (QED) is 0.388. The molecule has 5 heteroatoms. The average Bonchev–Trinajstić information content (AvgIpc) is 2.10. The fourth-order valence-electron chi connectivity index (χ4n) is 0.909. The number of nitrogen functional groups attached to an aromatic ring is 1. The first-order valence-electron chi connectivity index (χ1n) is 3.53. The lowest BCUT2D eigenvalue weighted by atomic mass is 10.1. The van der Waals surface area contributed by atoms with Crippen molar-refractivity contribution in [2.75, 3.05) is 0 Å². The second-order valence-corrected chi connectivity index (χ2v) is 2.55. The number of hydrogen-bond donors (Lipinski definition) is 2. The fraction of sp³-hybridized carbons (Fsp3) is 0.125. The van der Waals surface area contributed by atoms with Crippen LogP contribution in [-0.2, 0) is 0 Å². The fourth-order valence-corrected chi connectivity index (χ4v) is 0.909. The maximum Gasteiger partial charge on any atom is 0.268 e. The molecule has 1 rings (SSSR count). The molecule has 0 aliphatic carbocycles. The van der Waals surface area contributed by atoms with E-state index in [2.05, 4.69) is 0 Å². The second-order valence-electron chi connectivity index (χ2n) is 2.55. The number of halogens is 2. The molecule has 0 aliphatic rings. The van der Waals surface area contributed by atoms with E-state index in [1.807, 2.05) is 0 Å². The summed E-state index contributed by atoms with van der Waals surface area (Å²) in [6, 6.07) is 1.76. The average molecular weight is 186 g/mol. The highest BCUT2D eigenvalue weighted by Gasteiger charge is 2.12. The highest BCUT2D eigenvalue weighted by molar-refractivity contribution is 5.94. The van der Waals surface area contributed by atoms with E-state index in [1.165, 1.54) is 6.92 Å². The Morgan fingerprint density at radius 2 is 2.00 bits per heavy atom. The molecule has 0 heterocycles. The minimum absolute atomic E-state index is 0.194. The number of hydrazine groups is 1. The molecule has 70 valence electrons. The molecule has 3 N–H and O–H groups in total. The molecule has 0 aromatic heterocycles. The summed E-state index contributed by atoms with van der Waals surface area (Å²) in [5.41, 5.74) is 1.70. The zero-order valence-corrected chi connectivity index (χ0v) is 6.90. The van der Waals surface area contributed by atoms with Crippen LogP contribution in [0.5, 0.6) is 0 Å². The van der Waals surface area contributed by atoms with Crippen LogP contribution in [0.1, 0.15) is 15.9 Å². The molecule has 0 saturated carbocycles. The Balaban J connectivity index is 3.23. The Morgan fingerprint density at radius 3 is 2.54 bits per heavy atom. The number of nitrogens with two attached hydrogens (primary N) is 1. The lowest BCUT2D eigenvalue weighted by molar-refractivity contribution is 0.0949. The molecule has 0 aliphatic heterocycles. The van der Waals surface area contributed by atoms with E-state index in [4.69, 9.17) is 5.84 Å². The Morgan fingerprint density at radius 1 is 1.38 bits per heavy atom. The van der Waals surface area contributed by atoms with Gasteiger partial charge < -0.3 is 0 Å². The maximum atomic E-state index is 12.9. The van der Waals surface area contributed by atoms with E-state index in [-0.39, 0.29) is 11.1 Å². The van der Waals surface area contributed by atoms with Gasteiger partial charge in [0.2, 0.25) is 0 Å². The highest BCUT2D eigenvalue weighted by Crippen LogP contribution is 2.13. The molecule has 1 aromatic rings. The van der Waals surface area contributed by atoms with E-state index in [0.29, 0.717) is 6.07 Å². The van der Waals surface area contributed by atoms with Gasteiger partial charge in [0.1, 0.15) is 11.6 Å². The molecule has 0 radical (unpaired) electrons. The lowest BCUT2D eigenvalue weighted by Gasteiger charge is -2.03. The second kappa shape index (κ2) is 3.49. The molecule has 0 bridgehead atoms. The number of carbonyl (C=O) groups is 1. The number of aryl methyl sites for hydroxylation is 1. The molecule has 1 amide bonds. The van der Waals surface area contributed by atoms with Crippen molar-refractivity contribution >= 4 is 5.91 Å². The van der Waals surface area contributed by atoms with Gasteiger partial charge in [0.25, 0.3) is 5.91 Å². The van der Waals surface area contributed by atoms with Gasteiger partial charge in [-0.05, 0) is 18.6 Å². The van der Waals surface area contributed by atoms with Crippen molar-refractivity contribution in [3.8, 4) is 0 Å². The van der Waals surface area contributed by atoms with Crippen molar-refractivity contribution in [1.29, 1.82) is 0 Å². The van der Waals surface area contributed by atoms with Crippen LogP contribution in [0, 0.1) is 18.6 Å². The summed E-state index contributed by atoms with van der Waals surface area (Å²) in [6.45, 7) is 1.43. The first kappa shape index (κ1) is 9.60. The first-order valence-corrected chi connectivity index (χ1v) is 3.53. The summed E-state index contributed by atoms with van der Waals surface area (Å²) in [7, 11) is 0. The van der Waals surface area contributed by atoms with E-state index in [0.717, 1.165) is 6.07 Å². The highest BCUT2D eigenvalue weighted by atomic mass is 19.1. The smallest absolute Gasteiger partial charge is 0.268 e. The Kier molecular flexibility index (Phi) is 2.57. The summed E-state index contributed by atoms with van der Waals surface area (Å²) in [5, 5.41) is 0. The minimum Gasteiger partial charge on any atom is -0.290 e. The third-order valence-corrected chi connectivity index (χ3v) is 1.62. The summed E-state index contributed by atoms with van der Waals surface area (Å²) in [6.07, 6.45) is 0. The van der Waals surface area contributed by atoms with Crippen molar-refractivity contribution in [3.05, 3.63) is 34.9 Å². The molecule has 3 nitrogen and oxygen atoms in total. The van der Waals surface area contributed by atoms with Crippen molar-refractivity contribution < 1.29 is 13.6 Å². The van der Waals surface area contributed by atoms with E-state index in [1.54, 1.807) is 5.43 Å². The molecular formula is C8H8F2N2O. The number of carbonyl (C=O) groups excluding carboxylic acids is 1. The molecule has 0 atom stereocenters. The molecule has 0 spiro atoms. The predicted molar refractivity (Wildman–Crippen MR) is 42.7 cm³/mol. The summed E-state index contributed by atoms with van der Waals surface area (Å²) in [5.74, 6) is 2.41. The van der Waals surface area contributed by atoms with Gasteiger partial charge in [-0.1, -0.05) is 0 Å². The van der Waals surface area contributed by atoms with Gasteiger partial charge in [0.05, 0.1) is 5.56 Å². The standard InChI is InChI=1S/C8H8F2N2O/c1-4-2-5(8(13)12-11)7(10)3-6(4)9/h2-3H,11H2,1H3,(H,12,13). The van der Waals surface area contributed by atoms with E-state index >= 15 is 0 Å². The SMILES string of the molecule is Cc1cc(C(=O)NN)c(F)cc1F. The molecule has 0 unspecified atom stereocenters. The third-order valence-electron chi connectivity index (χ3n) is 1.62. The van der Waals surface area contributed by atoms with Crippen LogP contribution in [0.15, 0.2) is 12.1 Å².